The number of aliphatic hydroxyl groups is 4. The maximum absolute atomic E-state index is 12.4. The SMILES string of the molecule is CCCCCC/C=C\CCC(O)C(=O)NC(CO)C(O)C(O)CCC/C=C/CC/C=C/CCCCCCCCCCCCCCCCCCCCCCCC. The summed E-state index contributed by atoms with van der Waals surface area (Å²) in [6.45, 7) is 3.97. The molecule has 0 aliphatic heterocycles. The Morgan fingerprint density at radius 3 is 1.16 bits per heavy atom. The predicted octanol–water partition coefficient (Wildman–Crippen LogP) is 12.9. The van der Waals surface area contributed by atoms with Gasteiger partial charge in [0.15, 0.2) is 0 Å². The second-order valence-electron chi connectivity index (χ2n) is 16.4. The van der Waals surface area contributed by atoms with Crippen molar-refractivity contribution in [2.45, 2.75) is 263 Å². The van der Waals surface area contributed by atoms with Crippen LogP contribution >= 0.6 is 0 Å². The fourth-order valence-corrected chi connectivity index (χ4v) is 7.25. The second kappa shape index (κ2) is 43.6. The van der Waals surface area contributed by atoms with Gasteiger partial charge in [-0.25, -0.2) is 0 Å². The molecule has 0 aromatic heterocycles. The van der Waals surface area contributed by atoms with E-state index in [2.05, 4.69) is 49.5 Å². The van der Waals surface area contributed by atoms with Crippen molar-refractivity contribution in [3.63, 3.8) is 0 Å². The van der Waals surface area contributed by atoms with E-state index in [1.165, 1.54) is 167 Å². The molecule has 0 rings (SSSR count). The summed E-state index contributed by atoms with van der Waals surface area (Å²) >= 11 is 0. The molecule has 6 nitrogen and oxygen atoms in total. The molecule has 324 valence electrons. The number of carbonyl (C=O) groups excluding carboxylic acids is 1. The number of rotatable bonds is 43. The van der Waals surface area contributed by atoms with Crippen LogP contribution in [0.15, 0.2) is 36.5 Å². The van der Waals surface area contributed by atoms with Crippen molar-refractivity contribution in [2.24, 2.45) is 0 Å². The van der Waals surface area contributed by atoms with Gasteiger partial charge < -0.3 is 25.7 Å². The highest BCUT2D eigenvalue weighted by Crippen LogP contribution is 2.16. The Balaban J connectivity index is 3.63. The molecule has 0 aliphatic carbocycles. The van der Waals surface area contributed by atoms with Crippen LogP contribution in [-0.4, -0.2) is 57.3 Å². The number of aliphatic hydroxyl groups excluding tert-OH is 4. The van der Waals surface area contributed by atoms with Crippen molar-refractivity contribution in [1.82, 2.24) is 5.32 Å². The van der Waals surface area contributed by atoms with Gasteiger partial charge in [-0.05, 0) is 70.6 Å². The van der Waals surface area contributed by atoms with Crippen LogP contribution in [0.4, 0.5) is 0 Å². The van der Waals surface area contributed by atoms with Crippen LogP contribution in [-0.2, 0) is 4.79 Å². The molecule has 0 fully saturated rings. The number of carbonyl (C=O) groups is 1. The fourth-order valence-electron chi connectivity index (χ4n) is 7.25. The van der Waals surface area contributed by atoms with Crippen LogP contribution in [0.25, 0.3) is 0 Å². The highest BCUT2D eigenvalue weighted by atomic mass is 16.3. The van der Waals surface area contributed by atoms with Gasteiger partial charge in [-0.3, -0.25) is 4.79 Å². The first-order chi connectivity index (χ1) is 27.0. The zero-order chi connectivity index (χ0) is 40.3. The largest absolute Gasteiger partial charge is 0.394 e. The van der Waals surface area contributed by atoms with Crippen molar-refractivity contribution in [3.05, 3.63) is 36.5 Å². The number of unbranched alkanes of at least 4 members (excludes halogenated alkanes) is 28. The Kier molecular flexibility index (Phi) is 42.5. The lowest BCUT2D eigenvalue weighted by Gasteiger charge is -2.27. The van der Waals surface area contributed by atoms with Crippen molar-refractivity contribution >= 4 is 5.91 Å². The minimum Gasteiger partial charge on any atom is -0.394 e. The van der Waals surface area contributed by atoms with Crippen LogP contribution < -0.4 is 5.32 Å². The van der Waals surface area contributed by atoms with Crippen LogP contribution in [0, 0.1) is 0 Å². The molecule has 1 amide bonds. The third-order valence-corrected chi connectivity index (χ3v) is 11.1. The van der Waals surface area contributed by atoms with Crippen LogP contribution in [0.3, 0.4) is 0 Å². The van der Waals surface area contributed by atoms with E-state index < -0.39 is 36.9 Å². The van der Waals surface area contributed by atoms with Crippen LogP contribution in [0.5, 0.6) is 0 Å². The summed E-state index contributed by atoms with van der Waals surface area (Å²) in [5.74, 6) is -0.635. The summed E-state index contributed by atoms with van der Waals surface area (Å²) in [7, 11) is 0. The molecule has 0 bridgehead atoms. The molecule has 0 aromatic rings. The van der Waals surface area contributed by atoms with E-state index in [9.17, 15) is 25.2 Å². The molecular formula is C49H93NO5. The van der Waals surface area contributed by atoms with Gasteiger partial charge in [0.25, 0.3) is 0 Å². The highest BCUT2D eigenvalue weighted by Gasteiger charge is 2.28. The van der Waals surface area contributed by atoms with E-state index in [0.29, 0.717) is 19.3 Å². The second-order valence-corrected chi connectivity index (χ2v) is 16.4. The maximum Gasteiger partial charge on any atom is 0.249 e. The summed E-state index contributed by atoms with van der Waals surface area (Å²) in [6, 6.07) is -1.02. The summed E-state index contributed by atoms with van der Waals surface area (Å²) in [4.78, 5) is 12.4. The molecule has 55 heavy (non-hydrogen) atoms. The number of hydrogen-bond acceptors (Lipinski definition) is 5. The minimum absolute atomic E-state index is 0.274. The third-order valence-electron chi connectivity index (χ3n) is 11.1. The van der Waals surface area contributed by atoms with Gasteiger partial charge in [-0.2, -0.15) is 0 Å². The van der Waals surface area contributed by atoms with E-state index in [1.807, 2.05) is 6.08 Å². The Morgan fingerprint density at radius 2 is 0.764 bits per heavy atom. The van der Waals surface area contributed by atoms with Gasteiger partial charge >= 0.3 is 0 Å². The first kappa shape index (κ1) is 53.5. The van der Waals surface area contributed by atoms with Crippen LogP contribution in [0.1, 0.15) is 239 Å². The van der Waals surface area contributed by atoms with E-state index in [4.69, 9.17) is 0 Å². The minimum atomic E-state index is -1.30. The quantitative estimate of drug-likeness (QED) is 0.0313. The number of nitrogens with one attached hydrogen (secondary N) is 1. The molecule has 0 heterocycles. The van der Waals surface area contributed by atoms with Gasteiger partial charge in [0.1, 0.15) is 12.2 Å². The maximum atomic E-state index is 12.4. The van der Waals surface area contributed by atoms with Crippen molar-refractivity contribution < 1.29 is 25.2 Å². The Hall–Kier alpha value is -1.47. The van der Waals surface area contributed by atoms with E-state index in [-0.39, 0.29) is 6.42 Å². The average molecular weight is 776 g/mol. The molecular weight excluding hydrogens is 683 g/mol. The van der Waals surface area contributed by atoms with E-state index in [1.54, 1.807) is 0 Å². The molecule has 5 N–H and O–H groups in total. The average Bonchev–Trinajstić information content (AvgIpc) is 3.19. The molecule has 4 atom stereocenters. The van der Waals surface area contributed by atoms with Crippen molar-refractivity contribution in [2.75, 3.05) is 6.61 Å². The number of hydrogen-bond donors (Lipinski definition) is 5. The van der Waals surface area contributed by atoms with Crippen molar-refractivity contribution in [1.29, 1.82) is 0 Å². The lowest BCUT2D eigenvalue weighted by atomic mass is 10.0. The Bertz CT molecular complexity index is 873. The summed E-state index contributed by atoms with van der Waals surface area (Å²) < 4.78 is 0. The highest BCUT2D eigenvalue weighted by molar-refractivity contribution is 5.80. The standard InChI is InChI=1S/C49H93NO5/c1-3-5-7-9-11-13-14-15-16-17-18-19-20-21-22-23-24-25-26-27-28-29-30-31-32-33-34-35-37-38-40-42-46(52)48(54)45(44-51)50-49(55)47(53)43-41-39-36-12-10-8-6-4-2/h31-32,35-37,39,45-48,51-54H,3-30,33-34,38,40-44H2,1-2H3,(H,50,55)/b32-31+,37-35+,39-36-. The number of amides is 1. The van der Waals surface area contributed by atoms with E-state index >= 15 is 0 Å². The van der Waals surface area contributed by atoms with Gasteiger partial charge in [-0.1, -0.05) is 204 Å². The monoisotopic (exact) mass is 776 g/mol. The van der Waals surface area contributed by atoms with Gasteiger partial charge in [0.05, 0.1) is 18.8 Å². The summed E-state index contributed by atoms with van der Waals surface area (Å²) in [6.07, 6.45) is 52.5. The molecule has 0 saturated carbocycles. The molecule has 4 unspecified atom stereocenters. The molecule has 0 radical (unpaired) electrons. The Morgan fingerprint density at radius 1 is 0.436 bits per heavy atom. The Labute approximate surface area is 341 Å². The van der Waals surface area contributed by atoms with Crippen LogP contribution in [0.2, 0.25) is 0 Å². The van der Waals surface area contributed by atoms with Gasteiger partial charge in [0, 0.05) is 0 Å². The normalized spacial score (nSPS) is 14.4. The summed E-state index contributed by atoms with van der Waals surface area (Å²) in [5, 5.41) is 43.4. The smallest absolute Gasteiger partial charge is 0.249 e. The first-order valence-corrected chi connectivity index (χ1v) is 23.9. The molecule has 0 aromatic carbocycles. The van der Waals surface area contributed by atoms with Gasteiger partial charge in [-0.15, -0.1) is 0 Å². The lowest BCUT2D eigenvalue weighted by Crippen LogP contribution is -2.53. The first-order valence-electron chi connectivity index (χ1n) is 23.9. The topological polar surface area (TPSA) is 110 Å². The molecule has 0 saturated heterocycles. The fraction of sp³-hybridized carbons (Fsp3) is 0.857. The predicted molar refractivity (Wildman–Crippen MR) is 237 cm³/mol. The zero-order valence-electron chi connectivity index (χ0n) is 36.4. The number of allylic oxidation sites excluding steroid dienone is 6. The lowest BCUT2D eigenvalue weighted by molar-refractivity contribution is -0.132. The van der Waals surface area contributed by atoms with Crippen molar-refractivity contribution in [3.8, 4) is 0 Å². The van der Waals surface area contributed by atoms with Gasteiger partial charge in [0.2, 0.25) is 5.91 Å². The molecule has 0 aliphatic rings. The van der Waals surface area contributed by atoms with E-state index in [0.717, 1.165) is 32.1 Å². The third kappa shape index (κ3) is 37.8. The molecule has 0 spiro atoms. The summed E-state index contributed by atoms with van der Waals surface area (Å²) in [5.41, 5.74) is 0. The zero-order valence-corrected chi connectivity index (χ0v) is 36.4. The molecule has 6 heteroatoms.